The van der Waals surface area contributed by atoms with Crippen LogP contribution >= 0.6 is 22.7 Å². The minimum atomic E-state index is 0.540. The number of H-pyrrole nitrogens is 1. The van der Waals surface area contributed by atoms with Crippen molar-refractivity contribution in [3.05, 3.63) is 220 Å². The van der Waals surface area contributed by atoms with E-state index < -0.39 is 0 Å². The first kappa shape index (κ1) is 63.0. The number of imidazole rings is 1. The van der Waals surface area contributed by atoms with Crippen LogP contribution < -0.4 is 4.74 Å². The van der Waals surface area contributed by atoms with Crippen molar-refractivity contribution in [2.24, 2.45) is 0 Å². The zero-order chi connectivity index (χ0) is 60.7. The number of pyridine rings is 3. The van der Waals surface area contributed by atoms with E-state index in [1.54, 1.807) is 39.8 Å². The fourth-order valence-corrected chi connectivity index (χ4v) is 11.1. The van der Waals surface area contributed by atoms with Gasteiger partial charge in [-0.15, -0.1) is 22.7 Å². The van der Waals surface area contributed by atoms with Gasteiger partial charge in [-0.2, -0.15) is 5.10 Å². The molecule has 11 nitrogen and oxygen atoms in total. The number of aromatic nitrogens is 9. The lowest BCUT2D eigenvalue weighted by atomic mass is 10.00. The van der Waals surface area contributed by atoms with Crippen LogP contribution in [0.1, 0.15) is 188 Å². The third-order valence-electron chi connectivity index (χ3n) is 14.9. The van der Waals surface area contributed by atoms with Crippen molar-refractivity contribution >= 4 is 76.4 Å². The molecule has 0 saturated carbocycles. The standard InChI is InChI=1S/C11H13NS.C11H14O.C11H12O.2C10H12N2.C10H11NS.C9H11N3/c1-7(2)9-4-5-10-11(6-9)13-8(3)12-10;2*1-8(2)9-3-4-11-10(7-9)5-6-12-11;1-7(2)8-3-5-11-10-9(8)4-6-12-10;1-8(2)9-3-4-10-11-5-6-12(10)7-9;1-7(2)8-3-4-9-10(5-8)12-6-11-9;1-7(2)8-3-4-9-10-6-11-12(9)5-8/h4-7H,1-3H3;3-4,7-8H,5-6H2,1-2H3;3-8H,1-2H3;3-7H,1-2H3,(H,11,12);3-8H,1-2H3;2*3-7H,1-2H3. The molecule has 0 unspecified atom stereocenters. The second kappa shape index (κ2) is 29.7. The molecule has 10 heterocycles. The molecule has 0 atom stereocenters. The number of furan rings is 1. The van der Waals surface area contributed by atoms with Gasteiger partial charge in [-0.1, -0.05) is 139 Å². The summed E-state index contributed by atoms with van der Waals surface area (Å²) < 4.78 is 17.1. The number of fused-ring (bicyclic) bond motifs is 7. The number of benzene rings is 4. The summed E-state index contributed by atoms with van der Waals surface area (Å²) in [5, 5.41) is 7.65. The Morgan fingerprint density at radius 1 is 0.541 bits per heavy atom. The van der Waals surface area contributed by atoms with Gasteiger partial charge >= 0.3 is 0 Å². The Labute approximate surface area is 510 Å². The van der Waals surface area contributed by atoms with Gasteiger partial charge in [0.1, 0.15) is 29.0 Å². The molecule has 0 bridgehead atoms. The summed E-state index contributed by atoms with van der Waals surface area (Å²) in [6, 6.07) is 40.3. The molecule has 442 valence electrons. The van der Waals surface area contributed by atoms with E-state index in [4.69, 9.17) is 9.15 Å². The first-order chi connectivity index (χ1) is 40.8. The number of rotatable bonds is 7. The molecule has 0 aliphatic carbocycles. The summed E-state index contributed by atoms with van der Waals surface area (Å²) in [6.07, 6.45) is 16.1. The molecule has 85 heavy (non-hydrogen) atoms. The van der Waals surface area contributed by atoms with Crippen LogP contribution in [0.25, 0.3) is 53.7 Å². The first-order valence-electron chi connectivity index (χ1n) is 29.9. The van der Waals surface area contributed by atoms with Crippen LogP contribution in [0.5, 0.6) is 5.75 Å². The van der Waals surface area contributed by atoms with Crippen LogP contribution in [0.2, 0.25) is 0 Å². The number of thiazole rings is 2. The number of aromatic amines is 1. The molecule has 13 heteroatoms. The maximum Gasteiger partial charge on any atom is 0.155 e. The minimum Gasteiger partial charge on any atom is -0.493 e. The molecule has 0 amide bonds. The highest BCUT2D eigenvalue weighted by atomic mass is 32.1. The monoisotopic (exact) mass is 1170 g/mol. The zero-order valence-electron chi connectivity index (χ0n) is 52.3. The highest BCUT2D eigenvalue weighted by molar-refractivity contribution is 7.18. The third kappa shape index (κ3) is 17.1. The molecule has 0 fully saturated rings. The molecular weight excluding hydrogens is 1090 g/mol. The molecule has 0 spiro atoms. The second-order valence-electron chi connectivity index (χ2n) is 23.6. The highest BCUT2D eigenvalue weighted by Gasteiger charge is 2.13. The van der Waals surface area contributed by atoms with Crippen molar-refractivity contribution in [3.63, 3.8) is 0 Å². The summed E-state index contributed by atoms with van der Waals surface area (Å²) in [5.41, 5.74) is 19.0. The SMILES string of the molecule is CC(C)c1ccc2c(c1)CCO2.CC(C)c1ccc2nccn2c1.CC(C)c1ccc2ncnn2c1.CC(C)c1ccc2ncsc2c1.CC(C)c1ccc2occc2c1.CC(C)c1ccnc2[nH]ccc12.Cc1nc2ccc(C(C)C)cc2s1. The van der Waals surface area contributed by atoms with Crippen LogP contribution in [0.4, 0.5) is 0 Å². The van der Waals surface area contributed by atoms with E-state index in [9.17, 15) is 0 Å². The molecule has 1 aliphatic heterocycles. The molecule has 1 N–H and O–H groups in total. The topological polar surface area (TPSA) is 124 Å². The molecule has 0 radical (unpaired) electrons. The first-order valence-corrected chi connectivity index (χ1v) is 31.6. The van der Waals surface area contributed by atoms with Crippen LogP contribution in [0, 0.1) is 6.92 Å². The fourth-order valence-electron chi connectivity index (χ4n) is 9.49. The average Bonchev–Trinajstić information content (AvgIpc) is 4.52. The van der Waals surface area contributed by atoms with Gasteiger partial charge in [-0.3, -0.25) is 0 Å². The molecule has 0 saturated heterocycles. The van der Waals surface area contributed by atoms with E-state index in [2.05, 4.69) is 247 Å². The van der Waals surface area contributed by atoms with E-state index in [1.807, 2.05) is 54.7 Å². The number of nitrogens with one attached hydrogen (secondary N) is 1. The van der Waals surface area contributed by atoms with Gasteiger partial charge in [0.25, 0.3) is 0 Å². The van der Waals surface area contributed by atoms with E-state index in [0.29, 0.717) is 41.4 Å². The van der Waals surface area contributed by atoms with Gasteiger partial charge in [0.15, 0.2) is 5.65 Å². The van der Waals surface area contributed by atoms with Crippen molar-refractivity contribution in [2.75, 3.05) is 6.61 Å². The molecule has 14 rings (SSSR count). The lowest BCUT2D eigenvalue weighted by Gasteiger charge is -2.06. The van der Waals surface area contributed by atoms with E-state index >= 15 is 0 Å². The lowest BCUT2D eigenvalue weighted by molar-refractivity contribution is 0.357. The van der Waals surface area contributed by atoms with Crippen molar-refractivity contribution in [1.82, 2.24) is 43.9 Å². The predicted octanol–water partition coefficient (Wildman–Crippen LogP) is 20.4. The van der Waals surface area contributed by atoms with E-state index in [1.165, 1.54) is 64.7 Å². The normalized spacial score (nSPS) is 11.7. The van der Waals surface area contributed by atoms with Gasteiger partial charge < -0.3 is 18.5 Å². The summed E-state index contributed by atoms with van der Waals surface area (Å²) >= 11 is 3.48. The van der Waals surface area contributed by atoms with Crippen LogP contribution in [-0.2, 0) is 6.42 Å². The van der Waals surface area contributed by atoms with E-state index in [-0.39, 0.29) is 0 Å². The average molecular weight is 1170 g/mol. The second-order valence-corrected chi connectivity index (χ2v) is 25.7. The summed E-state index contributed by atoms with van der Waals surface area (Å²) in [5.74, 6) is 5.18. The Balaban J connectivity index is 0.000000129. The number of nitrogens with zero attached hydrogens (tertiary/aromatic N) is 8. The number of hydrogen-bond acceptors (Lipinski definition) is 10. The number of hydrogen-bond donors (Lipinski definition) is 1. The smallest absolute Gasteiger partial charge is 0.155 e. The van der Waals surface area contributed by atoms with Gasteiger partial charge in [-0.25, -0.2) is 29.4 Å². The molecule has 13 aromatic rings. The van der Waals surface area contributed by atoms with Gasteiger partial charge in [0, 0.05) is 54.4 Å². The van der Waals surface area contributed by atoms with Crippen molar-refractivity contribution in [1.29, 1.82) is 0 Å². The summed E-state index contributed by atoms with van der Waals surface area (Å²) in [4.78, 5) is 24.3. The predicted molar refractivity (Wildman–Crippen MR) is 359 cm³/mol. The van der Waals surface area contributed by atoms with Gasteiger partial charge in [0.2, 0.25) is 0 Å². The van der Waals surface area contributed by atoms with Crippen LogP contribution in [0.3, 0.4) is 0 Å². The Bertz CT molecular complexity index is 3860. The van der Waals surface area contributed by atoms with Gasteiger partial charge in [0.05, 0.1) is 43.8 Å². The van der Waals surface area contributed by atoms with Crippen molar-refractivity contribution in [3.8, 4) is 5.75 Å². The highest BCUT2D eigenvalue weighted by Crippen LogP contribution is 2.30. The van der Waals surface area contributed by atoms with E-state index in [0.717, 1.165) is 57.3 Å². The van der Waals surface area contributed by atoms with Crippen LogP contribution in [-0.4, -0.2) is 50.5 Å². The van der Waals surface area contributed by atoms with Crippen molar-refractivity contribution < 1.29 is 9.15 Å². The van der Waals surface area contributed by atoms with Crippen molar-refractivity contribution in [2.45, 2.75) is 152 Å². The molecule has 4 aromatic carbocycles. The maximum atomic E-state index is 5.43. The Kier molecular flexibility index (Phi) is 22.0. The molecular formula is C72H85N9O2S2. The fraction of sp³-hybridized carbons (Fsp3) is 0.333. The Morgan fingerprint density at radius 3 is 1.87 bits per heavy atom. The Hall–Kier alpha value is -8.00. The Morgan fingerprint density at radius 2 is 1.16 bits per heavy atom. The van der Waals surface area contributed by atoms with Gasteiger partial charge in [-0.05, 0) is 166 Å². The number of ether oxygens (including phenoxy) is 1. The zero-order valence-corrected chi connectivity index (χ0v) is 54.0. The maximum absolute atomic E-state index is 5.43. The van der Waals surface area contributed by atoms with Crippen LogP contribution in [0.15, 0.2) is 175 Å². The molecule has 9 aromatic heterocycles. The molecule has 1 aliphatic rings. The summed E-state index contributed by atoms with van der Waals surface area (Å²) in [7, 11) is 0. The quantitative estimate of drug-likeness (QED) is 0.167. The number of aryl methyl sites for hydroxylation is 1. The third-order valence-corrected chi connectivity index (χ3v) is 16.6. The minimum absolute atomic E-state index is 0.540. The lowest BCUT2D eigenvalue weighted by Crippen LogP contribution is -1.93. The summed E-state index contributed by atoms with van der Waals surface area (Å²) in [6.45, 7) is 33.7. The largest absolute Gasteiger partial charge is 0.493 e.